The molecule has 1 heterocycles. The number of ether oxygens (including phenoxy) is 1. The first-order valence-electron chi connectivity index (χ1n) is 7.69. The van der Waals surface area contributed by atoms with E-state index in [1.165, 1.54) is 0 Å². The number of hydrogen-bond donors (Lipinski definition) is 0. The molecule has 0 N–H and O–H groups in total. The Hall–Kier alpha value is -2.33. The van der Waals surface area contributed by atoms with Gasteiger partial charge in [0.2, 0.25) is 5.91 Å². The number of carbonyl (C=O) groups is 2. The number of benzene rings is 2. The fourth-order valence-electron chi connectivity index (χ4n) is 2.80. The molecule has 1 aliphatic rings. The van der Waals surface area contributed by atoms with E-state index in [-0.39, 0.29) is 5.91 Å². The summed E-state index contributed by atoms with van der Waals surface area (Å²) in [6.07, 6.45) is -0.686. The number of carbonyl (C=O) groups excluding carboxylic acids is 2. The molecule has 2 aromatic rings. The highest BCUT2D eigenvalue weighted by molar-refractivity contribution is 6.31. The lowest BCUT2D eigenvalue weighted by molar-refractivity contribution is -0.118. The predicted molar refractivity (Wildman–Crippen MR) is 93.5 cm³/mol. The first-order valence-corrected chi connectivity index (χ1v) is 8.07. The van der Waals surface area contributed by atoms with E-state index >= 15 is 0 Å². The van der Waals surface area contributed by atoms with Crippen LogP contribution in [0, 0.1) is 0 Å². The summed E-state index contributed by atoms with van der Waals surface area (Å²) in [5, 5.41) is 0.462. The molecule has 0 saturated carbocycles. The highest BCUT2D eigenvalue weighted by atomic mass is 35.5. The molecule has 2 aromatic carbocycles. The number of anilines is 1. The second-order valence-electron chi connectivity index (χ2n) is 6.70. The third-order valence-electron chi connectivity index (χ3n) is 3.72. The van der Waals surface area contributed by atoms with E-state index < -0.39 is 17.6 Å². The maximum atomic E-state index is 13.0. The van der Waals surface area contributed by atoms with Crippen LogP contribution < -0.4 is 4.90 Å². The molecule has 2 amide bonds. The van der Waals surface area contributed by atoms with Crippen LogP contribution in [0.25, 0.3) is 0 Å². The van der Waals surface area contributed by atoms with E-state index in [9.17, 15) is 9.59 Å². The second-order valence-corrected chi connectivity index (χ2v) is 7.14. The third-order valence-corrected chi connectivity index (χ3v) is 3.96. The van der Waals surface area contributed by atoms with Gasteiger partial charge in [0.15, 0.2) is 0 Å². The average molecular weight is 344 g/mol. The number of halogens is 1. The molecule has 124 valence electrons. The lowest BCUT2D eigenvalue weighted by atomic mass is 9.93. The molecular weight excluding hydrogens is 326 g/mol. The van der Waals surface area contributed by atoms with Crippen molar-refractivity contribution < 1.29 is 14.3 Å². The molecule has 5 heteroatoms. The number of amides is 2. The highest BCUT2D eigenvalue weighted by Crippen LogP contribution is 2.42. The van der Waals surface area contributed by atoms with Crippen LogP contribution in [0.5, 0.6) is 0 Å². The topological polar surface area (TPSA) is 46.6 Å². The molecule has 0 aromatic heterocycles. The summed E-state index contributed by atoms with van der Waals surface area (Å²) < 4.78 is 5.40. The van der Waals surface area contributed by atoms with Gasteiger partial charge in [-0.1, -0.05) is 48.0 Å². The molecular formula is C19H18ClNO3. The summed E-state index contributed by atoms with van der Waals surface area (Å²) in [4.78, 5) is 26.6. The van der Waals surface area contributed by atoms with Crippen LogP contribution in [-0.4, -0.2) is 17.6 Å². The Morgan fingerprint density at radius 2 is 1.79 bits per heavy atom. The monoisotopic (exact) mass is 343 g/mol. The van der Waals surface area contributed by atoms with Gasteiger partial charge < -0.3 is 4.74 Å². The van der Waals surface area contributed by atoms with Crippen molar-refractivity contribution in [3.05, 3.63) is 64.7 Å². The maximum Gasteiger partial charge on any atom is 0.421 e. The normalized spacial score (nSPS) is 16.9. The quantitative estimate of drug-likeness (QED) is 0.750. The van der Waals surface area contributed by atoms with Gasteiger partial charge in [0.25, 0.3) is 0 Å². The van der Waals surface area contributed by atoms with Crippen molar-refractivity contribution in [1.82, 2.24) is 0 Å². The van der Waals surface area contributed by atoms with Gasteiger partial charge in [0.1, 0.15) is 5.60 Å². The van der Waals surface area contributed by atoms with Gasteiger partial charge in [-0.05, 0) is 44.0 Å². The minimum Gasteiger partial charge on any atom is -0.443 e. The SMILES string of the molecule is CC(C)(C)OC(=O)N1C(=O)C(c2ccccc2)c2ccc(Cl)cc21. The summed E-state index contributed by atoms with van der Waals surface area (Å²) in [5.74, 6) is -0.862. The van der Waals surface area contributed by atoms with Crippen LogP contribution in [0.1, 0.15) is 37.8 Å². The molecule has 0 fully saturated rings. The Morgan fingerprint density at radius 1 is 1.12 bits per heavy atom. The molecule has 0 spiro atoms. The minimum absolute atomic E-state index is 0.326. The molecule has 0 radical (unpaired) electrons. The summed E-state index contributed by atoms with van der Waals surface area (Å²) in [6.45, 7) is 5.29. The first-order chi connectivity index (χ1) is 11.3. The molecule has 24 heavy (non-hydrogen) atoms. The smallest absolute Gasteiger partial charge is 0.421 e. The average Bonchev–Trinajstić information content (AvgIpc) is 2.77. The number of hydrogen-bond acceptors (Lipinski definition) is 3. The van der Waals surface area contributed by atoms with E-state index in [0.29, 0.717) is 10.7 Å². The lowest BCUT2D eigenvalue weighted by Crippen LogP contribution is -2.39. The van der Waals surface area contributed by atoms with E-state index in [1.807, 2.05) is 30.3 Å². The van der Waals surface area contributed by atoms with Crippen LogP contribution >= 0.6 is 11.6 Å². The van der Waals surface area contributed by atoms with Crippen molar-refractivity contribution in [2.45, 2.75) is 32.3 Å². The number of fused-ring (bicyclic) bond motifs is 1. The summed E-state index contributed by atoms with van der Waals surface area (Å²) in [5.41, 5.74) is 1.37. The number of nitrogens with zero attached hydrogens (tertiary/aromatic N) is 1. The molecule has 1 unspecified atom stereocenters. The van der Waals surface area contributed by atoms with Crippen LogP contribution in [0.2, 0.25) is 5.02 Å². The van der Waals surface area contributed by atoms with E-state index in [0.717, 1.165) is 16.0 Å². The van der Waals surface area contributed by atoms with Crippen LogP contribution in [0.15, 0.2) is 48.5 Å². The molecule has 4 nitrogen and oxygen atoms in total. The largest absolute Gasteiger partial charge is 0.443 e. The van der Waals surface area contributed by atoms with E-state index in [1.54, 1.807) is 39.0 Å². The number of rotatable bonds is 1. The number of imide groups is 1. The van der Waals surface area contributed by atoms with Crippen LogP contribution in [0.3, 0.4) is 0 Å². The Labute approximate surface area is 146 Å². The van der Waals surface area contributed by atoms with Crippen LogP contribution in [0.4, 0.5) is 10.5 Å². The Balaban J connectivity index is 2.08. The Morgan fingerprint density at radius 3 is 2.42 bits per heavy atom. The molecule has 0 aliphatic carbocycles. The minimum atomic E-state index is -0.694. The molecule has 3 rings (SSSR count). The summed E-state index contributed by atoms with van der Waals surface area (Å²) in [6, 6.07) is 14.5. The molecule has 0 bridgehead atoms. The standard InChI is InChI=1S/C19H18ClNO3/c1-19(2,3)24-18(23)21-15-11-13(20)9-10-14(15)16(17(21)22)12-7-5-4-6-8-12/h4-11,16H,1-3H3. The van der Waals surface area contributed by atoms with Crippen molar-refractivity contribution in [3.8, 4) is 0 Å². The maximum absolute atomic E-state index is 13.0. The van der Waals surface area contributed by atoms with Gasteiger partial charge in [0, 0.05) is 5.02 Å². The molecule has 0 saturated heterocycles. The van der Waals surface area contributed by atoms with Gasteiger partial charge in [-0.3, -0.25) is 4.79 Å². The third kappa shape index (κ3) is 3.02. The van der Waals surface area contributed by atoms with Crippen molar-refractivity contribution in [3.63, 3.8) is 0 Å². The van der Waals surface area contributed by atoms with Gasteiger partial charge in [-0.2, -0.15) is 0 Å². The van der Waals surface area contributed by atoms with Gasteiger partial charge in [0.05, 0.1) is 11.6 Å². The highest BCUT2D eigenvalue weighted by Gasteiger charge is 2.43. The first kappa shape index (κ1) is 16.5. The van der Waals surface area contributed by atoms with Crippen molar-refractivity contribution in [2.75, 3.05) is 4.90 Å². The fourth-order valence-corrected chi connectivity index (χ4v) is 2.97. The summed E-state index contributed by atoms with van der Waals surface area (Å²) in [7, 11) is 0. The zero-order valence-electron chi connectivity index (χ0n) is 13.7. The van der Waals surface area contributed by atoms with Gasteiger partial charge in [-0.15, -0.1) is 0 Å². The fraction of sp³-hybridized carbons (Fsp3) is 0.263. The van der Waals surface area contributed by atoms with E-state index in [4.69, 9.17) is 16.3 Å². The molecule has 1 aliphatic heterocycles. The Bertz CT molecular complexity index is 796. The Kier molecular flexibility index (Phi) is 4.10. The van der Waals surface area contributed by atoms with Crippen molar-refractivity contribution in [1.29, 1.82) is 0 Å². The van der Waals surface area contributed by atoms with Crippen LogP contribution in [-0.2, 0) is 9.53 Å². The second kappa shape index (κ2) is 5.95. The van der Waals surface area contributed by atoms with E-state index in [2.05, 4.69) is 0 Å². The van der Waals surface area contributed by atoms with Crippen molar-refractivity contribution >= 4 is 29.3 Å². The zero-order valence-corrected chi connectivity index (χ0v) is 14.5. The molecule has 1 atom stereocenters. The van der Waals surface area contributed by atoms with Gasteiger partial charge in [-0.25, -0.2) is 9.69 Å². The summed E-state index contributed by atoms with van der Waals surface area (Å²) >= 11 is 6.08. The lowest BCUT2D eigenvalue weighted by Gasteiger charge is -2.24. The zero-order chi connectivity index (χ0) is 17.5. The van der Waals surface area contributed by atoms with Crippen molar-refractivity contribution in [2.24, 2.45) is 0 Å². The predicted octanol–water partition coefficient (Wildman–Crippen LogP) is 4.75. The van der Waals surface area contributed by atoms with Gasteiger partial charge >= 0.3 is 6.09 Å².